The van der Waals surface area contributed by atoms with Crippen molar-refractivity contribution in [1.29, 1.82) is 0 Å². The quantitative estimate of drug-likeness (QED) is 0.346. The number of aliphatic carboxylic acids is 2. The van der Waals surface area contributed by atoms with Gasteiger partial charge in [0.15, 0.2) is 0 Å². The van der Waals surface area contributed by atoms with Gasteiger partial charge in [0.25, 0.3) is 0 Å². The van der Waals surface area contributed by atoms with Crippen LogP contribution in [0.5, 0.6) is 0 Å². The average Bonchev–Trinajstić information content (AvgIpc) is 2.86. The van der Waals surface area contributed by atoms with Crippen molar-refractivity contribution in [2.24, 2.45) is 11.5 Å². The molecule has 0 saturated carbocycles. The zero-order chi connectivity index (χ0) is 24.8. The van der Waals surface area contributed by atoms with Crippen LogP contribution in [0.2, 0.25) is 0 Å². The lowest BCUT2D eigenvalue weighted by Crippen LogP contribution is -2.32. The molecule has 0 aliphatic heterocycles. The van der Waals surface area contributed by atoms with E-state index < -0.39 is 24.0 Å². The Labute approximate surface area is 198 Å². The molecule has 6 N–H and O–H groups in total. The smallest absolute Gasteiger partial charge is 0.320 e. The minimum atomic E-state index is -0.959. The largest absolute Gasteiger partial charge is 0.480 e. The van der Waals surface area contributed by atoms with Crippen LogP contribution >= 0.6 is 0 Å². The van der Waals surface area contributed by atoms with Crippen molar-refractivity contribution in [3.63, 3.8) is 0 Å². The summed E-state index contributed by atoms with van der Waals surface area (Å²) in [5.41, 5.74) is 13.7. The van der Waals surface area contributed by atoms with Gasteiger partial charge in [-0.2, -0.15) is 0 Å². The number of carboxylic acid groups (broad SMARTS) is 2. The van der Waals surface area contributed by atoms with E-state index in [9.17, 15) is 9.59 Å². The van der Waals surface area contributed by atoms with Crippen molar-refractivity contribution in [3.05, 3.63) is 114 Å². The number of carbonyl (C=O) groups is 2. The van der Waals surface area contributed by atoms with Crippen LogP contribution in [-0.2, 0) is 22.4 Å². The first-order chi connectivity index (χ1) is 16.4. The van der Waals surface area contributed by atoms with Crippen molar-refractivity contribution >= 4 is 22.8 Å². The number of hydrogen-bond donors (Lipinski definition) is 4. The van der Waals surface area contributed by atoms with Gasteiger partial charge in [-0.15, -0.1) is 0 Å². The number of carboxylic acids is 2. The normalized spacial score (nSPS) is 11.7. The standard InChI is InChI=1S/2C9H11NO2.C9H7N/c2*10-8(9(11)12)6-7-4-2-1-3-5-7;1-2-6-9-8(4-1)5-3-7-10-9/h2*1-5,8H,6,10H2,(H,11,12);1-7H. The van der Waals surface area contributed by atoms with Gasteiger partial charge < -0.3 is 21.7 Å². The maximum absolute atomic E-state index is 10.4. The molecule has 1 heterocycles. The molecule has 7 nitrogen and oxygen atoms in total. The number of aromatic nitrogens is 1. The molecule has 3 aromatic carbocycles. The van der Waals surface area contributed by atoms with Gasteiger partial charge in [-0.3, -0.25) is 14.6 Å². The van der Waals surface area contributed by atoms with Crippen molar-refractivity contribution < 1.29 is 19.8 Å². The molecule has 34 heavy (non-hydrogen) atoms. The van der Waals surface area contributed by atoms with Crippen molar-refractivity contribution in [1.82, 2.24) is 4.98 Å². The van der Waals surface area contributed by atoms with Crippen LogP contribution in [0, 0.1) is 0 Å². The highest BCUT2D eigenvalue weighted by molar-refractivity contribution is 5.77. The lowest BCUT2D eigenvalue weighted by Gasteiger charge is -2.04. The van der Waals surface area contributed by atoms with E-state index in [0.29, 0.717) is 12.8 Å². The topological polar surface area (TPSA) is 140 Å². The molecule has 0 fully saturated rings. The summed E-state index contributed by atoms with van der Waals surface area (Å²) in [6.45, 7) is 0. The molecule has 4 aromatic rings. The van der Waals surface area contributed by atoms with Gasteiger partial charge >= 0.3 is 11.9 Å². The summed E-state index contributed by atoms with van der Waals surface area (Å²) >= 11 is 0. The summed E-state index contributed by atoms with van der Waals surface area (Å²) in [4.78, 5) is 24.9. The Morgan fingerprint density at radius 1 is 0.647 bits per heavy atom. The van der Waals surface area contributed by atoms with Crippen LogP contribution in [0.15, 0.2) is 103 Å². The fraction of sp³-hybridized carbons (Fsp3) is 0.148. The second-order valence-electron chi connectivity index (χ2n) is 7.47. The second kappa shape index (κ2) is 14.2. The summed E-state index contributed by atoms with van der Waals surface area (Å²) in [5, 5.41) is 18.2. The number of para-hydroxylation sites is 1. The van der Waals surface area contributed by atoms with Crippen molar-refractivity contribution in [3.8, 4) is 0 Å². The first-order valence-electron chi connectivity index (χ1n) is 10.7. The Kier molecular flexibility index (Phi) is 10.9. The number of nitrogens with zero attached hydrogens (tertiary/aromatic N) is 1. The van der Waals surface area contributed by atoms with Gasteiger partial charge in [-0.05, 0) is 36.1 Å². The monoisotopic (exact) mass is 459 g/mol. The molecule has 4 rings (SSSR count). The molecule has 0 spiro atoms. The highest BCUT2D eigenvalue weighted by Gasteiger charge is 2.11. The Hall–Kier alpha value is -4.07. The van der Waals surface area contributed by atoms with Crippen LogP contribution in [-0.4, -0.2) is 39.2 Å². The molecule has 2 unspecified atom stereocenters. The second-order valence-corrected chi connectivity index (χ2v) is 7.47. The van der Waals surface area contributed by atoms with E-state index in [1.54, 1.807) is 0 Å². The van der Waals surface area contributed by atoms with Gasteiger partial charge in [0.05, 0.1) is 5.52 Å². The average molecular weight is 460 g/mol. The zero-order valence-electron chi connectivity index (χ0n) is 18.7. The summed E-state index contributed by atoms with van der Waals surface area (Å²) in [7, 11) is 0. The molecule has 7 heteroatoms. The van der Waals surface area contributed by atoms with Gasteiger partial charge in [0.1, 0.15) is 12.1 Å². The highest BCUT2D eigenvalue weighted by atomic mass is 16.4. The van der Waals surface area contributed by atoms with Crippen molar-refractivity contribution in [2.45, 2.75) is 24.9 Å². The molecule has 0 bridgehead atoms. The fourth-order valence-corrected chi connectivity index (χ4v) is 2.93. The van der Waals surface area contributed by atoms with Gasteiger partial charge in [0, 0.05) is 11.6 Å². The number of hydrogen-bond acceptors (Lipinski definition) is 5. The van der Waals surface area contributed by atoms with E-state index in [1.165, 1.54) is 5.39 Å². The summed E-state index contributed by atoms with van der Waals surface area (Å²) in [6.07, 6.45) is 2.58. The lowest BCUT2D eigenvalue weighted by molar-refractivity contribution is -0.139. The third-order valence-electron chi connectivity index (χ3n) is 4.74. The van der Waals surface area contributed by atoms with Gasteiger partial charge in [-0.1, -0.05) is 84.9 Å². The maximum Gasteiger partial charge on any atom is 0.320 e. The summed E-state index contributed by atoms with van der Waals surface area (Å²) in [5.74, 6) is -1.92. The minimum Gasteiger partial charge on any atom is -0.480 e. The minimum absolute atomic E-state index is 0.385. The molecule has 0 aliphatic rings. The lowest BCUT2D eigenvalue weighted by atomic mass is 10.1. The Morgan fingerprint density at radius 2 is 1.06 bits per heavy atom. The van der Waals surface area contributed by atoms with Crippen LogP contribution in [0.3, 0.4) is 0 Å². The summed E-state index contributed by atoms with van der Waals surface area (Å²) < 4.78 is 0. The third-order valence-corrected chi connectivity index (χ3v) is 4.74. The molecule has 0 amide bonds. The molecular formula is C27H29N3O4. The van der Waals surface area contributed by atoms with E-state index in [0.717, 1.165) is 16.6 Å². The van der Waals surface area contributed by atoms with Crippen molar-refractivity contribution in [2.75, 3.05) is 0 Å². The highest BCUT2D eigenvalue weighted by Crippen LogP contribution is 2.08. The SMILES string of the molecule is NC(Cc1ccccc1)C(=O)O.NC(Cc1ccccc1)C(=O)O.c1ccc2ncccc2c1. The Balaban J connectivity index is 0.000000181. The molecule has 1 aromatic heterocycles. The predicted molar refractivity (Wildman–Crippen MR) is 133 cm³/mol. The molecular weight excluding hydrogens is 430 g/mol. The molecule has 2 atom stereocenters. The Morgan fingerprint density at radius 3 is 1.50 bits per heavy atom. The predicted octanol–water partition coefficient (Wildman–Crippen LogP) is 3.52. The Bertz CT molecular complexity index is 1030. The van der Waals surface area contributed by atoms with E-state index >= 15 is 0 Å². The number of pyridine rings is 1. The molecule has 0 saturated heterocycles. The fourth-order valence-electron chi connectivity index (χ4n) is 2.93. The van der Waals surface area contributed by atoms with E-state index in [-0.39, 0.29) is 0 Å². The first-order valence-corrected chi connectivity index (χ1v) is 10.7. The van der Waals surface area contributed by atoms with E-state index in [1.807, 2.05) is 91.1 Å². The van der Waals surface area contributed by atoms with Crippen LogP contribution < -0.4 is 11.5 Å². The first kappa shape index (κ1) is 26.2. The van der Waals surface area contributed by atoms with E-state index in [2.05, 4.69) is 17.1 Å². The molecule has 0 radical (unpaired) electrons. The van der Waals surface area contributed by atoms with Crippen LogP contribution in [0.1, 0.15) is 11.1 Å². The maximum atomic E-state index is 10.4. The zero-order valence-corrected chi connectivity index (χ0v) is 18.7. The number of fused-ring (bicyclic) bond motifs is 1. The third kappa shape index (κ3) is 9.60. The van der Waals surface area contributed by atoms with Crippen LogP contribution in [0.25, 0.3) is 10.9 Å². The summed E-state index contributed by atoms with van der Waals surface area (Å²) in [6, 6.07) is 29.2. The van der Waals surface area contributed by atoms with Gasteiger partial charge in [0.2, 0.25) is 0 Å². The number of rotatable bonds is 6. The van der Waals surface area contributed by atoms with E-state index in [4.69, 9.17) is 21.7 Å². The van der Waals surface area contributed by atoms with Crippen LogP contribution in [0.4, 0.5) is 0 Å². The van der Waals surface area contributed by atoms with Gasteiger partial charge in [-0.25, -0.2) is 0 Å². The molecule has 0 aliphatic carbocycles. The molecule has 176 valence electrons. The number of nitrogens with two attached hydrogens (primary N) is 2. The number of benzene rings is 3.